The maximum Gasteiger partial charge on any atom is 0.225 e. The Morgan fingerprint density at radius 1 is 0.821 bits per heavy atom. The van der Waals surface area contributed by atoms with Crippen molar-refractivity contribution in [1.29, 1.82) is 0 Å². The quantitative estimate of drug-likeness (QED) is 0.169. The van der Waals surface area contributed by atoms with Gasteiger partial charge in [-0.05, 0) is 103 Å². The highest BCUT2D eigenvalue weighted by Crippen LogP contribution is 2.40. The fraction of sp³-hybridized carbons (Fsp3) is 0.333. The molecule has 1 fully saturated rings. The molecule has 0 saturated heterocycles. The Hall–Kier alpha value is -2.30. The van der Waals surface area contributed by atoms with Crippen LogP contribution >= 0.6 is 49.9 Å². The lowest BCUT2D eigenvalue weighted by atomic mass is 9.86. The van der Waals surface area contributed by atoms with E-state index in [2.05, 4.69) is 80.0 Å². The molecule has 4 aromatic heterocycles. The van der Waals surface area contributed by atoms with Crippen LogP contribution in [-0.4, -0.2) is 36.6 Å². The van der Waals surface area contributed by atoms with Crippen LogP contribution in [0, 0.1) is 5.92 Å². The van der Waals surface area contributed by atoms with Gasteiger partial charge in [0.15, 0.2) is 0 Å². The van der Waals surface area contributed by atoms with E-state index in [1.165, 1.54) is 41.0 Å². The van der Waals surface area contributed by atoms with Crippen molar-refractivity contribution in [3.8, 4) is 19.5 Å². The summed E-state index contributed by atoms with van der Waals surface area (Å²) in [6, 6.07) is 22.0. The predicted molar refractivity (Wildman–Crippen MR) is 174 cm³/mol. The number of hydrogen-bond donors (Lipinski definition) is 2. The van der Waals surface area contributed by atoms with E-state index in [9.17, 15) is 0 Å². The normalized spacial score (nSPS) is 17.5. The minimum Gasteiger partial charge on any atom is -0.362 e. The number of anilines is 2. The number of para-hydroxylation sites is 1. The van der Waals surface area contributed by atoms with Gasteiger partial charge in [0.25, 0.3) is 0 Å². The summed E-state index contributed by atoms with van der Waals surface area (Å²) in [5, 5.41) is 8.46. The van der Waals surface area contributed by atoms with Crippen LogP contribution in [0.5, 0.6) is 0 Å². The summed E-state index contributed by atoms with van der Waals surface area (Å²) in [4.78, 5) is 18.5. The first kappa shape index (κ1) is 26.9. The molecule has 39 heavy (non-hydrogen) atoms. The van der Waals surface area contributed by atoms with Crippen molar-refractivity contribution >= 4 is 72.6 Å². The lowest BCUT2D eigenvalue weighted by Gasteiger charge is -2.29. The van der Waals surface area contributed by atoms with Gasteiger partial charge in [-0.15, -0.1) is 34.0 Å². The molecule has 5 aromatic rings. The van der Waals surface area contributed by atoms with Gasteiger partial charge in [-0.25, -0.2) is 4.98 Å². The maximum atomic E-state index is 4.83. The Kier molecular flexibility index (Phi) is 8.32. The smallest absolute Gasteiger partial charge is 0.225 e. The van der Waals surface area contributed by atoms with Crippen LogP contribution in [0.25, 0.3) is 30.4 Å². The van der Waals surface area contributed by atoms with E-state index in [0.29, 0.717) is 6.04 Å². The molecule has 1 aromatic carbocycles. The van der Waals surface area contributed by atoms with Crippen molar-refractivity contribution in [2.24, 2.45) is 5.92 Å². The molecule has 9 heteroatoms. The largest absolute Gasteiger partial charge is 0.362 e. The van der Waals surface area contributed by atoms with Crippen LogP contribution < -0.4 is 15.5 Å². The highest BCUT2D eigenvalue weighted by Gasteiger charge is 2.22. The number of nitrogens with zero attached hydrogens (tertiary/aromatic N) is 3. The molecule has 0 atom stereocenters. The van der Waals surface area contributed by atoms with Gasteiger partial charge >= 0.3 is 0 Å². The van der Waals surface area contributed by atoms with Crippen LogP contribution in [0.3, 0.4) is 0 Å². The van der Waals surface area contributed by atoms with Gasteiger partial charge < -0.3 is 15.5 Å². The summed E-state index contributed by atoms with van der Waals surface area (Å²) in [5.41, 5.74) is 0.989. The number of rotatable bonds is 9. The molecule has 0 unspecified atom stereocenters. The highest BCUT2D eigenvalue weighted by atomic mass is 79.9. The first-order valence-electron chi connectivity index (χ1n) is 13.4. The number of nitrogens with one attached hydrogen (secondary N) is 2. The van der Waals surface area contributed by atoms with Crippen LogP contribution in [0.4, 0.5) is 11.8 Å². The van der Waals surface area contributed by atoms with Gasteiger partial charge in [-0.1, -0.05) is 12.1 Å². The fourth-order valence-corrected chi connectivity index (χ4v) is 8.76. The summed E-state index contributed by atoms with van der Waals surface area (Å²) in [7, 11) is 4.08. The Balaban J connectivity index is 0.977. The zero-order chi connectivity index (χ0) is 26.8. The number of thiophene rings is 3. The summed E-state index contributed by atoms with van der Waals surface area (Å²) in [6.07, 6.45) is 4.77. The summed E-state index contributed by atoms with van der Waals surface area (Å²) >= 11 is 9.15. The van der Waals surface area contributed by atoms with E-state index in [0.717, 1.165) is 54.5 Å². The molecule has 202 valence electrons. The Morgan fingerprint density at radius 2 is 1.51 bits per heavy atom. The van der Waals surface area contributed by atoms with E-state index in [-0.39, 0.29) is 0 Å². The van der Waals surface area contributed by atoms with Gasteiger partial charge in [0, 0.05) is 56.5 Å². The van der Waals surface area contributed by atoms with Crippen LogP contribution in [0.15, 0.2) is 64.5 Å². The molecule has 1 aliphatic carbocycles. The first-order valence-corrected chi connectivity index (χ1v) is 16.6. The maximum absolute atomic E-state index is 4.83. The molecule has 5 nitrogen and oxygen atoms in total. The van der Waals surface area contributed by atoms with Crippen LogP contribution in [0.2, 0.25) is 0 Å². The van der Waals surface area contributed by atoms with Crippen molar-refractivity contribution in [2.75, 3.05) is 30.9 Å². The van der Waals surface area contributed by atoms with Gasteiger partial charge in [0.2, 0.25) is 5.95 Å². The van der Waals surface area contributed by atoms with Crippen LogP contribution in [0.1, 0.15) is 30.6 Å². The molecule has 0 amide bonds. The van der Waals surface area contributed by atoms with Crippen molar-refractivity contribution < 1.29 is 0 Å². The summed E-state index contributed by atoms with van der Waals surface area (Å²) in [6.45, 7) is 2.02. The molecule has 0 spiro atoms. The summed E-state index contributed by atoms with van der Waals surface area (Å²) < 4.78 is 1.18. The van der Waals surface area contributed by atoms with E-state index >= 15 is 0 Å². The van der Waals surface area contributed by atoms with E-state index < -0.39 is 0 Å². The lowest BCUT2D eigenvalue weighted by Crippen LogP contribution is -2.31. The number of hydrogen-bond acceptors (Lipinski definition) is 8. The molecular formula is C30H32BrN5S3. The van der Waals surface area contributed by atoms with Gasteiger partial charge in [-0.2, -0.15) is 4.98 Å². The van der Waals surface area contributed by atoms with E-state index in [1.807, 2.05) is 48.9 Å². The standard InChI is InChI=1S/C30H32BrN5S3/c1-36(2)29-22-5-3-4-6-23(22)34-30(35-29)33-20-9-7-19(8-10-20)17-32-18-21-11-12-24(37-21)25-13-14-26(38-25)27-15-16-28(31)39-27/h3-6,11-16,19-20,32H,7-10,17-18H2,1-2H3,(H,33,34,35)/t19-,20+. The molecule has 2 N–H and O–H groups in total. The Bertz CT molecular complexity index is 1550. The van der Waals surface area contributed by atoms with Crippen LogP contribution in [-0.2, 0) is 6.54 Å². The minimum absolute atomic E-state index is 0.434. The summed E-state index contributed by atoms with van der Waals surface area (Å²) in [5.74, 6) is 2.43. The van der Waals surface area contributed by atoms with Crippen molar-refractivity contribution in [3.05, 3.63) is 69.3 Å². The number of benzene rings is 1. The zero-order valence-electron chi connectivity index (χ0n) is 22.1. The second-order valence-electron chi connectivity index (χ2n) is 10.3. The average Bonchev–Trinajstić information content (AvgIpc) is 3.70. The third-order valence-corrected chi connectivity index (χ3v) is 11.4. The average molecular weight is 639 g/mol. The van der Waals surface area contributed by atoms with E-state index in [1.54, 1.807) is 11.3 Å². The third kappa shape index (κ3) is 6.38. The highest BCUT2D eigenvalue weighted by molar-refractivity contribution is 9.11. The number of halogens is 1. The molecule has 0 aliphatic heterocycles. The molecule has 0 radical (unpaired) electrons. The Labute approximate surface area is 250 Å². The van der Waals surface area contributed by atoms with Crippen molar-refractivity contribution in [3.63, 3.8) is 0 Å². The SMILES string of the molecule is CN(C)c1nc(N[C@H]2CC[C@@H](CNCc3ccc(-c4ccc(-c5ccc(Br)s5)s4)s3)CC2)nc2ccccc12. The topological polar surface area (TPSA) is 53.1 Å². The molecule has 1 aliphatic rings. The zero-order valence-corrected chi connectivity index (χ0v) is 26.2. The third-order valence-electron chi connectivity index (χ3n) is 7.25. The molecule has 0 bridgehead atoms. The van der Waals surface area contributed by atoms with Gasteiger partial charge in [-0.3, -0.25) is 0 Å². The van der Waals surface area contributed by atoms with Crippen molar-refractivity contribution in [1.82, 2.24) is 15.3 Å². The van der Waals surface area contributed by atoms with Gasteiger partial charge in [0.1, 0.15) is 5.82 Å². The number of aromatic nitrogens is 2. The fourth-order valence-electron chi connectivity index (χ4n) is 5.21. The monoisotopic (exact) mass is 637 g/mol. The minimum atomic E-state index is 0.434. The predicted octanol–water partition coefficient (Wildman–Crippen LogP) is 8.74. The number of fused-ring (bicyclic) bond motifs is 1. The molecular weight excluding hydrogens is 606 g/mol. The molecule has 1 saturated carbocycles. The lowest BCUT2D eigenvalue weighted by molar-refractivity contribution is 0.324. The molecule has 6 rings (SSSR count). The van der Waals surface area contributed by atoms with Gasteiger partial charge in [0.05, 0.1) is 9.30 Å². The molecule has 4 heterocycles. The Morgan fingerprint density at radius 3 is 2.26 bits per heavy atom. The second kappa shape index (κ2) is 12.1. The van der Waals surface area contributed by atoms with E-state index in [4.69, 9.17) is 9.97 Å². The second-order valence-corrected chi connectivity index (χ2v) is 15.0. The van der Waals surface area contributed by atoms with Crippen molar-refractivity contribution in [2.45, 2.75) is 38.3 Å². The first-order chi connectivity index (χ1) is 19.0.